The van der Waals surface area contributed by atoms with Crippen molar-refractivity contribution in [3.05, 3.63) is 58.4 Å². The Kier molecular flexibility index (Phi) is 4.51. The van der Waals surface area contributed by atoms with E-state index in [1.54, 1.807) is 18.2 Å². The van der Waals surface area contributed by atoms with Crippen LogP contribution in [0.1, 0.15) is 27.4 Å². The second kappa shape index (κ2) is 6.64. The standard InChI is InChI=1S/C16H10F3N3O3S/c17-16(18,19)13-7-10(6-5-9-3-1-2-4-12(9)23)21-22(13)15-20-11(8-26-15)14(24)25/h1-8,23H,(H,24,25)/b6-5+. The first kappa shape index (κ1) is 17.7. The summed E-state index contributed by atoms with van der Waals surface area (Å²) in [6, 6.07) is 7.14. The summed E-state index contributed by atoms with van der Waals surface area (Å²) in [5.74, 6) is -1.36. The quantitative estimate of drug-likeness (QED) is 0.715. The second-order valence-electron chi connectivity index (χ2n) is 5.08. The largest absolute Gasteiger partial charge is 0.507 e. The van der Waals surface area contributed by atoms with Crippen LogP contribution in [-0.4, -0.2) is 30.9 Å². The number of benzene rings is 1. The summed E-state index contributed by atoms with van der Waals surface area (Å²) in [5.41, 5.74) is -1.05. The van der Waals surface area contributed by atoms with Gasteiger partial charge in [0.2, 0.25) is 5.13 Å². The van der Waals surface area contributed by atoms with E-state index < -0.39 is 17.8 Å². The van der Waals surface area contributed by atoms with E-state index >= 15 is 0 Å². The molecule has 1 aromatic carbocycles. The third kappa shape index (κ3) is 3.59. The minimum atomic E-state index is -4.71. The third-order valence-electron chi connectivity index (χ3n) is 3.28. The molecule has 134 valence electrons. The third-order valence-corrected chi connectivity index (χ3v) is 4.10. The summed E-state index contributed by atoms with van der Waals surface area (Å²) in [5, 5.41) is 23.3. The first-order valence-corrected chi connectivity index (χ1v) is 7.96. The van der Waals surface area contributed by atoms with Gasteiger partial charge in [-0.25, -0.2) is 14.5 Å². The molecule has 0 aliphatic carbocycles. The van der Waals surface area contributed by atoms with Gasteiger partial charge in [0, 0.05) is 10.9 Å². The number of aromatic carboxylic acids is 1. The molecule has 0 saturated carbocycles. The Labute approximate surface area is 148 Å². The van der Waals surface area contributed by atoms with Gasteiger partial charge in [0.05, 0.1) is 5.69 Å². The fraction of sp³-hybridized carbons (Fsp3) is 0.0625. The molecule has 0 atom stereocenters. The molecule has 0 aliphatic heterocycles. The molecule has 10 heteroatoms. The predicted molar refractivity (Wildman–Crippen MR) is 88.2 cm³/mol. The zero-order chi connectivity index (χ0) is 18.9. The molecule has 3 rings (SSSR count). The number of alkyl halides is 3. The molecule has 0 bridgehead atoms. The number of halogens is 3. The molecule has 0 unspecified atom stereocenters. The summed E-state index contributed by atoms with van der Waals surface area (Å²) < 4.78 is 40.4. The number of thiazole rings is 1. The lowest BCUT2D eigenvalue weighted by Gasteiger charge is -2.06. The maximum atomic E-state index is 13.3. The molecular weight excluding hydrogens is 371 g/mol. The Morgan fingerprint density at radius 2 is 1.96 bits per heavy atom. The monoisotopic (exact) mass is 381 g/mol. The van der Waals surface area contributed by atoms with Gasteiger partial charge in [-0.2, -0.15) is 18.3 Å². The van der Waals surface area contributed by atoms with Gasteiger partial charge in [0.1, 0.15) is 5.75 Å². The maximum absolute atomic E-state index is 13.3. The first-order valence-electron chi connectivity index (χ1n) is 7.08. The molecule has 6 nitrogen and oxygen atoms in total. The SMILES string of the molecule is O=C(O)c1csc(-n2nc(/C=C/c3ccccc3O)cc2C(F)(F)F)n1. The second-order valence-corrected chi connectivity index (χ2v) is 5.91. The minimum absolute atomic E-state index is 0.0207. The summed E-state index contributed by atoms with van der Waals surface area (Å²) in [6.07, 6.45) is -1.97. The number of aromatic hydroxyl groups is 1. The van der Waals surface area contributed by atoms with E-state index in [9.17, 15) is 23.1 Å². The number of aromatic nitrogens is 3. The van der Waals surface area contributed by atoms with Gasteiger partial charge >= 0.3 is 12.1 Å². The van der Waals surface area contributed by atoms with Gasteiger partial charge in [-0.3, -0.25) is 0 Å². The van der Waals surface area contributed by atoms with Crippen LogP contribution >= 0.6 is 11.3 Å². The smallest absolute Gasteiger partial charge is 0.433 e. The highest BCUT2D eigenvalue weighted by Crippen LogP contribution is 2.33. The van der Waals surface area contributed by atoms with Crippen molar-refractivity contribution in [3.8, 4) is 10.9 Å². The van der Waals surface area contributed by atoms with Crippen molar-refractivity contribution in [1.82, 2.24) is 14.8 Å². The van der Waals surface area contributed by atoms with E-state index in [1.807, 2.05) is 0 Å². The lowest BCUT2D eigenvalue weighted by Crippen LogP contribution is -2.13. The minimum Gasteiger partial charge on any atom is -0.507 e. The number of phenolic OH excluding ortho intramolecular Hbond substituents is 1. The Morgan fingerprint density at radius 1 is 1.23 bits per heavy atom. The molecule has 0 aliphatic rings. The van der Waals surface area contributed by atoms with Crippen molar-refractivity contribution < 1.29 is 28.2 Å². The number of phenols is 1. The molecule has 2 heterocycles. The van der Waals surface area contributed by atoms with Crippen molar-refractivity contribution >= 4 is 29.5 Å². The number of para-hydroxylation sites is 1. The van der Waals surface area contributed by atoms with E-state index in [2.05, 4.69) is 10.1 Å². The summed E-state index contributed by atoms with van der Waals surface area (Å²) >= 11 is 0.736. The summed E-state index contributed by atoms with van der Waals surface area (Å²) in [7, 11) is 0. The fourth-order valence-corrected chi connectivity index (χ4v) is 2.85. The lowest BCUT2D eigenvalue weighted by molar-refractivity contribution is -0.142. The Morgan fingerprint density at radius 3 is 2.58 bits per heavy atom. The van der Waals surface area contributed by atoms with Gasteiger partial charge < -0.3 is 10.2 Å². The Balaban J connectivity index is 2.02. The average molecular weight is 381 g/mol. The average Bonchev–Trinajstić information content (AvgIpc) is 3.20. The molecule has 0 spiro atoms. The van der Waals surface area contributed by atoms with E-state index in [4.69, 9.17) is 5.11 Å². The van der Waals surface area contributed by atoms with Gasteiger partial charge in [-0.15, -0.1) is 11.3 Å². The van der Waals surface area contributed by atoms with Crippen LogP contribution in [-0.2, 0) is 6.18 Å². The number of carboxylic acids is 1. The summed E-state index contributed by atoms with van der Waals surface area (Å²) in [4.78, 5) is 14.5. The number of hydrogen-bond donors (Lipinski definition) is 2. The van der Waals surface area contributed by atoms with E-state index in [1.165, 1.54) is 18.2 Å². The normalized spacial score (nSPS) is 12.0. The van der Waals surface area contributed by atoms with Gasteiger partial charge in [0.25, 0.3) is 0 Å². The van der Waals surface area contributed by atoms with Crippen LogP contribution in [0.2, 0.25) is 0 Å². The highest BCUT2D eigenvalue weighted by Gasteiger charge is 2.37. The number of carbonyl (C=O) groups is 1. The number of nitrogens with zero attached hydrogens (tertiary/aromatic N) is 3. The van der Waals surface area contributed by atoms with Gasteiger partial charge in [-0.05, 0) is 24.3 Å². The summed E-state index contributed by atoms with van der Waals surface area (Å²) in [6.45, 7) is 0. The van der Waals surface area contributed by atoms with E-state index in [0.29, 0.717) is 10.2 Å². The van der Waals surface area contributed by atoms with Crippen LogP contribution in [0.3, 0.4) is 0 Å². The van der Waals surface area contributed by atoms with Crippen LogP contribution in [0, 0.1) is 0 Å². The molecule has 0 saturated heterocycles. The lowest BCUT2D eigenvalue weighted by atomic mass is 10.2. The Hall–Kier alpha value is -3.14. The molecule has 2 aromatic heterocycles. The maximum Gasteiger partial charge on any atom is 0.433 e. The highest BCUT2D eigenvalue weighted by molar-refractivity contribution is 7.12. The molecule has 3 aromatic rings. The van der Waals surface area contributed by atoms with Gasteiger partial charge in [0.15, 0.2) is 11.4 Å². The van der Waals surface area contributed by atoms with Crippen molar-refractivity contribution in [2.45, 2.75) is 6.18 Å². The first-order chi connectivity index (χ1) is 12.3. The number of carboxylic acid groups (broad SMARTS) is 1. The molecule has 0 radical (unpaired) electrons. The molecule has 0 fully saturated rings. The number of rotatable bonds is 4. The van der Waals surface area contributed by atoms with Crippen LogP contribution in [0.5, 0.6) is 5.75 Å². The molecular formula is C16H10F3N3O3S. The molecule has 0 amide bonds. The predicted octanol–water partition coefficient (Wildman–Crippen LogP) is 3.92. The fourth-order valence-electron chi connectivity index (χ4n) is 2.09. The zero-order valence-electron chi connectivity index (χ0n) is 12.8. The number of hydrogen-bond acceptors (Lipinski definition) is 5. The van der Waals surface area contributed by atoms with Crippen molar-refractivity contribution in [1.29, 1.82) is 0 Å². The Bertz CT molecular complexity index is 992. The highest BCUT2D eigenvalue weighted by atomic mass is 32.1. The topological polar surface area (TPSA) is 88.2 Å². The molecule has 2 N–H and O–H groups in total. The molecule has 26 heavy (non-hydrogen) atoms. The van der Waals surface area contributed by atoms with E-state index in [-0.39, 0.29) is 22.3 Å². The van der Waals surface area contributed by atoms with Crippen LogP contribution < -0.4 is 0 Å². The van der Waals surface area contributed by atoms with Crippen LogP contribution in [0.25, 0.3) is 17.3 Å². The van der Waals surface area contributed by atoms with Crippen molar-refractivity contribution in [2.75, 3.05) is 0 Å². The van der Waals surface area contributed by atoms with Crippen LogP contribution in [0.4, 0.5) is 13.2 Å². The van der Waals surface area contributed by atoms with Crippen molar-refractivity contribution in [2.24, 2.45) is 0 Å². The van der Waals surface area contributed by atoms with Gasteiger partial charge in [-0.1, -0.05) is 18.2 Å². The van der Waals surface area contributed by atoms with Crippen LogP contribution in [0.15, 0.2) is 35.7 Å². The van der Waals surface area contributed by atoms with Crippen molar-refractivity contribution in [3.63, 3.8) is 0 Å². The van der Waals surface area contributed by atoms with E-state index in [0.717, 1.165) is 22.8 Å². The zero-order valence-corrected chi connectivity index (χ0v) is 13.6.